The number of sulfone groups is 1. The third-order valence-electron chi connectivity index (χ3n) is 3.07. The van der Waals surface area contributed by atoms with E-state index in [0.29, 0.717) is 18.5 Å². The first-order chi connectivity index (χ1) is 8.98. The smallest absolute Gasteiger partial charge is 0.153 e. The molecule has 1 aromatic rings. The molecule has 19 heavy (non-hydrogen) atoms. The van der Waals surface area contributed by atoms with Gasteiger partial charge in [0.1, 0.15) is 0 Å². The average Bonchev–Trinajstić information content (AvgIpc) is 2.38. The maximum atomic E-state index is 11.8. The molecule has 4 nitrogen and oxygen atoms in total. The Morgan fingerprint density at radius 3 is 2.37 bits per heavy atom. The highest BCUT2D eigenvalue weighted by atomic mass is 32.2. The molecule has 5 heteroatoms. The maximum absolute atomic E-state index is 11.8. The van der Waals surface area contributed by atoms with E-state index in [0.717, 1.165) is 18.4 Å². The molecule has 0 amide bonds. The fourth-order valence-electron chi connectivity index (χ4n) is 1.87. The molecule has 0 aromatic heterocycles. The van der Waals surface area contributed by atoms with Crippen LogP contribution >= 0.6 is 0 Å². The molecule has 0 saturated carbocycles. The lowest BCUT2D eigenvalue weighted by atomic mass is 10.1. The van der Waals surface area contributed by atoms with Crippen molar-refractivity contribution < 1.29 is 13.5 Å². The van der Waals surface area contributed by atoms with Gasteiger partial charge in [-0.15, -0.1) is 0 Å². The summed E-state index contributed by atoms with van der Waals surface area (Å²) in [6.45, 7) is 2.46. The summed E-state index contributed by atoms with van der Waals surface area (Å²) in [7, 11) is -3.19. The normalized spacial score (nSPS) is 13.4. The Morgan fingerprint density at radius 1 is 1.21 bits per heavy atom. The van der Waals surface area contributed by atoms with Crippen molar-refractivity contribution in [2.45, 2.75) is 38.8 Å². The summed E-state index contributed by atoms with van der Waals surface area (Å²) >= 11 is 0. The van der Waals surface area contributed by atoms with Gasteiger partial charge in [-0.25, -0.2) is 8.42 Å². The van der Waals surface area contributed by atoms with E-state index in [2.05, 4.69) is 0 Å². The molecule has 1 unspecified atom stereocenters. The van der Waals surface area contributed by atoms with E-state index < -0.39 is 15.9 Å². The third kappa shape index (κ3) is 5.72. The molecule has 0 aliphatic rings. The van der Waals surface area contributed by atoms with E-state index in [1.807, 2.05) is 19.1 Å². The van der Waals surface area contributed by atoms with E-state index in [1.165, 1.54) is 0 Å². The minimum atomic E-state index is -3.19. The second-order valence-corrected chi connectivity index (χ2v) is 7.01. The molecule has 0 bridgehead atoms. The predicted molar refractivity (Wildman–Crippen MR) is 77.5 cm³/mol. The highest BCUT2D eigenvalue weighted by Crippen LogP contribution is 2.17. The Labute approximate surface area is 115 Å². The zero-order chi connectivity index (χ0) is 14.3. The van der Waals surface area contributed by atoms with Gasteiger partial charge in [0.15, 0.2) is 9.84 Å². The highest BCUT2D eigenvalue weighted by Gasteiger charge is 2.18. The Hall–Kier alpha value is -0.910. The van der Waals surface area contributed by atoms with Gasteiger partial charge in [-0.05, 0) is 17.5 Å². The van der Waals surface area contributed by atoms with Gasteiger partial charge in [0.25, 0.3) is 0 Å². The van der Waals surface area contributed by atoms with Crippen LogP contribution in [-0.2, 0) is 16.4 Å². The minimum Gasteiger partial charge on any atom is -0.387 e. The second-order valence-electron chi connectivity index (χ2n) is 4.78. The largest absolute Gasteiger partial charge is 0.387 e. The molecule has 0 aliphatic heterocycles. The molecular weight excluding hydrogens is 262 g/mol. The van der Waals surface area contributed by atoms with Crippen LogP contribution in [0, 0.1) is 0 Å². The summed E-state index contributed by atoms with van der Waals surface area (Å²) in [4.78, 5) is 0. The van der Waals surface area contributed by atoms with Gasteiger partial charge in [-0.3, -0.25) is 0 Å². The number of aliphatic hydroxyl groups is 1. The van der Waals surface area contributed by atoms with E-state index >= 15 is 0 Å². The van der Waals surface area contributed by atoms with Crippen LogP contribution in [0.3, 0.4) is 0 Å². The summed E-state index contributed by atoms with van der Waals surface area (Å²) in [5.74, 6) is -0.0581. The summed E-state index contributed by atoms with van der Waals surface area (Å²) < 4.78 is 23.7. The number of unbranched alkanes of at least 4 members (excludes halogenated alkanes) is 2. The van der Waals surface area contributed by atoms with Gasteiger partial charge in [0, 0.05) is 6.54 Å². The lowest BCUT2D eigenvalue weighted by Crippen LogP contribution is -2.17. The number of nitrogens with two attached hydrogens (primary N) is 1. The van der Waals surface area contributed by atoms with Crippen LogP contribution in [0.1, 0.15) is 43.4 Å². The molecule has 108 valence electrons. The van der Waals surface area contributed by atoms with E-state index in [9.17, 15) is 13.5 Å². The molecule has 0 radical (unpaired) electrons. The Kier molecular flexibility index (Phi) is 6.48. The molecule has 1 rings (SSSR count). The molecule has 1 atom stereocenters. The first-order valence-corrected chi connectivity index (χ1v) is 8.48. The molecule has 3 N–H and O–H groups in total. The lowest BCUT2D eigenvalue weighted by molar-refractivity contribution is 0.201. The molecule has 0 fully saturated rings. The van der Waals surface area contributed by atoms with Gasteiger partial charge in [0.05, 0.1) is 17.6 Å². The van der Waals surface area contributed by atoms with Crippen molar-refractivity contribution in [3.63, 3.8) is 0 Å². The molecule has 0 aliphatic carbocycles. The van der Waals surface area contributed by atoms with Crippen LogP contribution in [0.15, 0.2) is 24.3 Å². The summed E-state index contributed by atoms with van der Waals surface area (Å²) in [5.41, 5.74) is 7.07. The highest BCUT2D eigenvalue weighted by molar-refractivity contribution is 7.91. The predicted octanol–water partition coefficient (Wildman–Crippen LogP) is 1.78. The lowest BCUT2D eigenvalue weighted by Gasteiger charge is -2.12. The number of rotatable bonds is 8. The van der Waals surface area contributed by atoms with E-state index in [-0.39, 0.29) is 11.5 Å². The number of hydrogen-bond acceptors (Lipinski definition) is 4. The molecule has 0 heterocycles. The van der Waals surface area contributed by atoms with Crippen molar-refractivity contribution >= 4 is 9.84 Å². The quantitative estimate of drug-likeness (QED) is 0.714. The van der Waals surface area contributed by atoms with Gasteiger partial charge >= 0.3 is 0 Å². The van der Waals surface area contributed by atoms with E-state index in [4.69, 9.17) is 5.73 Å². The van der Waals surface area contributed by atoms with Gasteiger partial charge in [0.2, 0.25) is 0 Å². The second kappa shape index (κ2) is 7.62. The molecule has 1 aromatic carbocycles. The Morgan fingerprint density at radius 2 is 1.84 bits per heavy atom. The zero-order valence-electron chi connectivity index (χ0n) is 11.4. The first kappa shape index (κ1) is 16.1. The summed E-state index contributed by atoms with van der Waals surface area (Å²) in [6.07, 6.45) is 1.59. The van der Waals surface area contributed by atoms with Crippen molar-refractivity contribution in [1.29, 1.82) is 0 Å². The topological polar surface area (TPSA) is 80.4 Å². The minimum absolute atomic E-state index is 0.152. The van der Waals surface area contributed by atoms with Gasteiger partial charge < -0.3 is 10.8 Å². The Bertz CT molecular complexity index is 468. The van der Waals surface area contributed by atoms with Crippen molar-refractivity contribution in [3.05, 3.63) is 35.4 Å². The number of hydrogen-bond donors (Lipinski definition) is 2. The number of benzene rings is 1. The monoisotopic (exact) mass is 285 g/mol. The molecule has 0 spiro atoms. The van der Waals surface area contributed by atoms with Crippen molar-refractivity contribution in [2.24, 2.45) is 5.73 Å². The van der Waals surface area contributed by atoms with E-state index in [1.54, 1.807) is 12.1 Å². The zero-order valence-corrected chi connectivity index (χ0v) is 12.2. The average molecular weight is 285 g/mol. The van der Waals surface area contributed by atoms with Crippen LogP contribution in [0.25, 0.3) is 0 Å². The van der Waals surface area contributed by atoms with Crippen LogP contribution < -0.4 is 5.73 Å². The first-order valence-electron chi connectivity index (χ1n) is 6.66. The number of aliphatic hydroxyl groups excluding tert-OH is 1. The fraction of sp³-hybridized carbons (Fsp3) is 0.571. The van der Waals surface area contributed by atoms with Crippen LogP contribution in [-0.4, -0.2) is 25.0 Å². The van der Waals surface area contributed by atoms with Crippen LogP contribution in [0.2, 0.25) is 0 Å². The van der Waals surface area contributed by atoms with Gasteiger partial charge in [-0.1, -0.05) is 44.0 Å². The van der Waals surface area contributed by atoms with Crippen LogP contribution in [0.4, 0.5) is 0 Å². The molecule has 0 saturated heterocycles. The SMILES string of the molecule is CCCCCS(=O)(=O)CC(O)c1ccc(CN)cc1. The standard InChI is InChI=1S/C14H23NO3S/c1-2-3-4-9-19(17,18)11-14(16)13-7-5-12(10-15)6-8-13/h5-8,14,16H,2-4,9-11,15H2,1H3. The van der Waals surface area contributed by atoms with Crippen molar-refractivity contribution in [2.75, 3.05) is 11.5 Å². The summed E-state index contributed by atoms with van der Waals surface area (Å²) in [6, 6.07) is 7.08. The third-order valence-corrected chi connectivity index (χ3v) is 4.81. The van der Waals surface area contributed by atoms with Crippen molar-refractivity contribution in [3.8, 4) is 0 Å². The maximum Gasteiger partial charge on any atom is 0.153 e. The van der Waals surface area contributed by atoms with Crippen molar-refractivity contribution in [1.82, 2.24) is 0 Å². The summed E-state index contributed by atoms with van der Waals surface area (Å²) in [5, 5.41) is 9.97. The van der Waals surface area contributed by atoms with Gasteiger partial charge in [-0.2, -0.15) is 0 Å². The molecular formula is C14H23NO3S. The van der Waals surface area contributed by atoms with Crippen LogP contribution in [0.5, 0.6) is 0 Å². The Balaban J connectivity index is 2.59. The fourth-order valence-corrected chi connectivity index (χ4v) is 3.35.